The minimum Gasteiger partial charge on any atom is -0.444 e. The van der Waals surface area contributed by atoms with Gasteiger partial charge in [0.1, 0.15) is 11.3 Å². The fourth-order valence-corrected chi connectivity index (χ4v) is 1.82. The van der Waals surface area contributed by atoms with Crippen LogP contribution in [0.3, 0.4) is 0 Å². The Morgan fingerprint density at radius 1 is 1.30 bits per heavy atom. The molecule has 1 N–H and O–H groups in total. The van der Waals surface area contributed by atoms with Gasteiger partial charge in [0.05, 0.1) is 18.4 Å². The standard InChI is InChI=1S/C17H20N4O2/c1-5-6-13-7-9-15(10-8-13)21-12-14(19-20-21)11-18-16(22)23-17(2,3)4/h7-10,12H,11H2,1-4H3,(H,18,22). The molecule has 2 rings (SSSR count). The summed E-state index contributed by atoms with van der Waals surface area (Å²) in [5.74, 6) is 5.84. The fraction of sp³-hybridized carbons (Fsp3) is 0.353. The lowest BCUT2D eigenvalue weighted by atomic mass is 10.2. The number of nitrogens with one attached hydrogen (secondary N) is 1. The summed E-state index contributed by atoms with van der Waals surface area (Å²) < 4.78 is 6.82. The summed E-state index contributed by atoms with van der Waals surface area (Å²) in [6.45, 7) is 7.50. The van der Waals surface area contributed by atoms with Crippen molar-refractivity contribution < 1.29 is 9.53 Å². The molecule has 2 aromatic rings. The summed E-state index contributed by atoms with van der Waals surface area (Å²) >= 11 is 0. The molecule has 1 aromatic heterocycles. The number of amides is 1. The van der Waals surface area contributed by atoms with Crippen molar-refractivity contribution in [2.45, 2.75) is 39.8 Å². The van der Waals surface area contributed by atoms with Crippen molar-refractivity contribution >= 4 is 6.09 Å². The van der Waals surface area contributed by atoms with Crippen LogP contribution in [0, 0.1) is 11.8 Å². The van der Waals surface area contributed by atoms with E-state index in [1.165, 1.54) is 0 Å². The topological polar surface area (TPSA) is 69.0 Å². The van der Waals surface area contributed by atoms with Gasteiger partial charge in [-0.3, -0.25) is 0 Å². The lowest BCUT2D eigenvalue weighted by Gasteiger charge is -2.19. The van der Waals surface area contributed by atoms with E-state index in [1.54, 1.807) is 17.8 Å². The minimum atomic E-state index is -0.523. The number of aromatic nitrogens is 3. The molecule has 0 aliphatic rings. The Hall–Kier alpha value is -2.81. The molecule has 0 aliphatic heterocycles. The quantitative estimate of drug-likeness (QED) is 0.885. The van der Waals surface area contributed by atoms with Gasteiger partial charge in [-0.15, -0.1) is 11.0 Å². The first kappa shape index (κ1) is 16.6. The number of ether oxygens (including phenoxy) is 1. The average molecular weight is 312 g/mol. The third-order valence-electron chi connectivity index (χ3n) is 2.75. The summed E-state index contributed by atoms with van der Waals surface area (Å²) in [5, 5.41) is 10.7. The Morgan fingerprint density at radius 3 is 2.61 bits per heavy atom. The molecule has 0 saturated carbocycles. The smallest absolute Gasteiger partial charge is 0.407 e. The van der Waals surface area contributed by atoms with Gasteiger partial charge in [-0.1, -0.05) is 11.1 Å². The van der Waals surface area contributed by atoms with E-state index in [-0.39, 0.29) is 6.54 Å². The molecule has 0 radical (unpaired) electrons. The Bertz CT molecular complexity index is 730. The van der Waals surface area contributed by atoms with Crippen LogP contribution in [0.1, 0.15) is 39.0 Å². The Labute approximate surface area is 135 Å². The zero-order valence-corrected chi connectivity index (χ0v) is 13.8. The molecule has 6 heteroatoms. The number of alkyl carbamates (subject to hydrolysis) is 1. The summed E-state index contributed by atoms with van der Waals surface area (Å²) in [7, 11) is 0. The van der Waals surface area contributed by atoms with Gasteiger partial charge in [0, 0.05) is 5.56 Å². The zero-order valence-electron chi connectivity index (χ0n) is 13.8. The average Bonchev–Trinajstić information content (AvgIpc) is 2.93. The minimum absolute atomic E-state index is 0.258. The van der Waals surface area contributed by atoms with Crippen LogP contribution in [-0.4, -0.2) is 26.7 Å². The van der Waals surface area contributed by atoms with Gasteiger partial charge in [-0.2, -0.15) is 0 Å². The van der Waals surface area contributed by atoms with Gasteiger partial charge in [-0.05, 0) is 52.0 Å². The van der Waals surface area contributed by atoms with Gasteiger partial charge in [0.15, 0.2) is 0 Å². The van der Waals surface area contributed by atoms with E-state index < -0.39 is 11.7 Å². The lowest BCUT2D eigenvalue weighted by molar-refractivity contribution is 0.0523. The molecule has 0 unspecified atom stereocenters. The number of rotatable bonds is 3. The molecule has 120 valence electrons. The molecule has 1 aromatic carbocycles. The third kappa shape index (κ3) is 5.15. The molecule has 0 atom stereocenters. The molecule has 0 bridgehead atoms. The van der Waals surface area contributed by atoms with Crippen LogP contribution in [0.5, 0.6) is 0 Å². The first-order valence-electron chi connectivity index (χ1n) is 7.28. The van der Waals surface area contributed by atoms with Crippen molar-refractivity contribution in [2.24, 2.45) is 0 Å². The molecule has 1 heterocycles. The van der Waals surface area contributed by atoms with Gasteiger partial charge in [-0.25, -0.2) is 9.48 Å². The van der Waals surface area contributed by atoms with Crippen LogP contribution >= 0.6 is 0 Å². The monoisotopic (exact) mass is 312 g/mol. The normalized spacial score (nSPS) is 10.6. The maximum Gasteiger partial charge on any atom is 0.407 e. The largest absolute Gasteiger partial charge is 0.444 e. The summed E-state index contributed by atoms with van der Waals surface area (Å²) in [4.78, 5) is 11.6. The number of carbonyl (C=O) groups excluding carboxylic acids is 1. The number of hydrogen-bond donors (Lipinski definition) is 1. The predicted octanol–water partition coefficient (Wildman–Crippen LogP) is 2.66. The molecule has 1 amide bonds. The molecule has 23 heavy (non-hydrogen) atoms. The fourth-order valence-electron chi connectivity index (χ4n) is 1.82. The van der Waals surface area contributed by atoms with E-state index in [1.807, 2.05) is 45.0 Å². The van der Waals surface area contributed by atoms with Crippen LogP contribution in [-0.2, 0) is 11.3 Å². The van der Waals surface area contributed by atoms with Crippen LogP contribution in [0.25, 0.3) is 5.69 Å². The third-order valence-corrected chi connectivity index (χ3v) is 2.75. The zero-order chi connectivity index (χ0) is 16.9. The molecule has 0 spiro atoms. The second-order valence-electron chi connectivity index (χ2n) is 5.93. The lowest BCUT2D eigenvalue weighted by Crippen LogP contribution is -2.32. The number of benzene rings is 1. The van der Waals surface area contributed by atoms with Crippen molar-refractivity contribution in [1.82, 2.24) is 20.3 Å². The van der Waals surface area contributed by atoms with E-state index in [9.17, 15) is 4.79 Å². The van der Waals surface area contributed by atoms with Crippen molar-refractivity contribution in [3.8, 4) is 17.5 Å². The van der Waals surface area contributed by atoms with Crippen LogP contribution < -0.4 is 5.32 Å². The Morgan fingerprint density at radius 2 is 2.00 bits per heavy atom. The number of hydrogen-bond acceptors (Lipinski definition) is 4. The van der Waals surface area contributed by atoms with E-state index >= 15 is 0 Å². The van der Waals surface area contributed by atoms with E-state index in [0.717, 1.165) is 11.3 Å². The van der Waals surface area contributed by atoms with Crippen LogP contribution in [0.15, 0.2) is 30.5 Å². The van der Waals surface area contributed by atoms with Crippen molar-refractivity contribution in [1.29, 1.82) is 0 Å². The van der Waals surface area contributed by atoms with Gasteiger partial charge in [0.2, 0.25) is 0 Å². The van der Waals surface area contributed by atoms with Crippen LogP contribution in [0.4, 0.5) is 4.79 Å². The second-order valence-corrected chi connectivity index (χ2v) is 5.93. The maximum atomic E-state index is 11.6. The number of carbonyl (C=O) groups is 1. The molecule has 0 fully saturated rings. The second kappa shape index (κ2) is 6.97. The van der Waals surface area contributed by atoms with Crippen molar-refractivity contribution in [3.05, 3.63) is 41.7 Å². The highest BCUT2D eigenvalue weighted by Crippen LogP contribution is 2.09. The molecule has 6 nitrogen and oxygen atoms in total. The van der Waals surface area contributed by atoms with E-state index in [0.29, 0.717) is 5.69 Å². The molecule has 0 aliphatic carbocycles. The Kier molecular flexibility index (Phi) is 5.02. The van der Waals surface area contributed by atoms with Crippen molar-refractivity contribution in [2.75, 3.05) is 0 Å². The highest BCUT2D eigenvalue weighted by Gasteiger charge is 2.16. The highest BCUT2D eigenvalue weighted by molar-refractivity contribution is 5.67. The molecule has 0 saturated heterocycles. The van der Waals surface area contributed by atoms with Gasteiger partial charge >= 0.3 is 6.09 Å². The molecular weight excluding hydrogens is 292 g/mol. The Balaban J connectivity index is 1.97. The van der Waals surface area contributed by atoms with Gasteiger partial charge in [0.25, 0.3) is 0 Å². The predicted molar refractivity (Wildman–Crippen MR) is 87.0 cm³/mol. The number of nitrogens with zero attached hydrogens (tertiary/aromatic N) is 3. The first-order valence-corrected chi connectivity index (χ1v) is 7.28. The van der Waals surface area contributed by atoms with E-state index in [2.05, 4.69) is 27.5 Å². The first-order chi connectivity index (χ1) is 10.9. The SMILES string of the molecule is CC#Cc1ccc(-n2cc(CNC(=O)OC(C)(C)C)nn2)cc1. The van der Waals surface area contributed by atoms with Gasteiger partial charge < -0.3 is 10.1 Å². The van der Waals surface area contributed by atoms with E-state index in [4.69, 9.17) is 4.74 Å². The van der Waals surface area contributed by atoms with Crippen molar-refractivity contribution in [3.63, 3.8) is 0 Å². The highest BCUT2D eigenvalue weighted by atomic mass is 16.6. The van der Waals surface area contributed by atoms with Crippen LogP contribution in [0.2, 0.25) is 0 Å². The molecular formula is C17H20N4O2. The summed E-state index contributed by atoms with van der Waals surface area (Å²) in [5.41, 5.74) is 1.95. The summed E-state index contributed by atoms with van der Waals surface area (Å²) in [6.07, 6.45) is 1.28. The maximum absolute atomic E-state index is 11.6. The summed E-state index contributed by atoms with van der Waals surface area (Å²) in [6, 6.07) is 7.68.